The molecule has 0 unspecified atom stereocenters. The second kappa shape index (κ2) is 2.57. The molecule has 8 heteroatoms. The van der Waals surface area contributed by atoms with Gasteiger partial charge in [0, 0.05) is 6.07 Å². The fourth-order valence-corrected chi connectivity index (χ4v) is 1.07. The van der Waals surface area contributed by atoms with Gasteiger partial charge in [0.25, 0.3) is 0 Å². The Kier molecular flexibility index (Phi) is 1.86. The summed E-state index contributed by atoms with van der Waals surface area (Å²) in [7, 11) is -4.67. The topological polar surface area (TPSA) is 129 Å². The van der Waals surface area contributed by atoms with E-state index in [0.717, 1.165) is 6.07 Å². The Morgan fingerprint density at radius 1 is 1.58 bits per heavy atom. The number of nitrogens with one attached hydrogen (secondary N) is 1. The minimum atomic E-state index is -4.67. The molecule has 1 aromatic heterocycles. The minimum Gasteiger partial charge on any atom is -0.743 e. The van der Waals surface area contributed by atoms with E-state index in [0.29, 0.717) is 0 Å². The molecule has 0 aliphatic heterocycles. The first-order chi connectivity index (χ1) is 5.39. The molecule has 0 radical (unpaired) electrons. The van der Waals surface area contributed by atoms with Crippen LogP contribution in [-0.2, 0) is 10.1 Å². The first-order valence-electron chi connectivity index (χ1n) is 2.72. The van der Waals surface area contributed by atoms with E-state index in [1.54, 1.807) is 4.98 Å². The van der Waals surface area contributed by atoms with Crippen molar-refractivity contribution < 1.29 is 13.0 Å². The molecule has 0 saturated carbocycles. The zero-order valence-electron chi connectivity index (χ0n) is 5.64. The molecule has 0 amide bonds. The molecule has 0 aromatic carbocycles. The molecule has 0 bridgehead atoms. The number of nitrogens with two attached hydrogens (primary N) is 1. The van der Waals surface area contributed by atoms with E-state index in [1.807, 2.05) is 0 Å². The lowest BCUT2D eigenvalue weighted by molar-refractivity contribution is 0.458. The molecule has 0 spiro atoms. The van der Waals surface area contributed by atoms with Crippen LogP contribution in [0.2, 0.25) is 0 Å². The molecule has 7 nitrogen and oxygen atoms in total. The highest BCUT2D eigenvalue weighted by Gasteiger charge is 2.03. The van der Waals surface area contributed by atoms with Gasteiger partial charge in [-0.1, -0.05) is 0 Å². The molecule has 1 heterocycles. The molecule has 1 aromatic rings. The van der Waals surface area contributed by atoms with Crippen molar-refractivity contribution in [3.05, 3.63) is 16.6 Å². The Morgan fingerprint density at radius 3 is 2.58 bits per heavy atom. The monoisotopic (exact) mass is 190 g/mol. The molecule has 1 rings (SSSR count). The quantitative estimate of drug-likeness (QED) is 0.399. The maximum absolute atomic E-state index is 10.5. The smallest absolute Gasteiger partial charge is 0.347 e. The van der Waals surface area contributed by atoms with Gasteiger partial charge in [-0.05, 0) is 0 Å². The van der Waals surface area contributed by atoms with Crippen LogP contribution in [0.4, 0.5) is 5.82 Å². The van der Waals surface area contributed by atoms with Crippen molar-refractivity contribution in [3.63, 3.8) is 0 Å². The standard InChI is InChI=1S/C4H5N3O4S/c5-2-1-3(12(9,10)11)7-4(8)6-2/h1H,(H,9,10,11)(H3,5,6,7,8)/p-1. The molecule has 66 valence electrons. The summed E-state index contributed by atoms with van der Waals surface area (Å²) < 4.78 is 31.0. The number of hydrogen-bond acceptors (Lipinski definition) is 6. The summed E-state index contributed by atoms with van der Waals surface area (Å²) in [6.45, 7) is 0. The lowest BCUT2D eigenvalue weighted by Gasteiger charge is -2.05. The Morgan fingerprint density at radius 2 is 2.17 bits per heavy atom. The molecule has 0 fully saturated rings. The van der Waals surface area contributed by atoms with Crippen molar-refractivity contribution in [2.24, 2.45) is 0 Å². The highest BCUT2D eigenvalue weighted by molar-refractivity contribution is 7.85. The Bertz CT molecular complexity index is 448. The first kappa shape index (κ1) is 8.68. The average molecular weight is 190 g/mol. The van der Waals surface area contributed by atoms with Crippen LogP contribution < -0.4 is 11.4 Å². The van der Waals surface area contributed by atoms with Gasteiger partial charge in [0.2, 0.25) is 0 Å². The Labute approximate surface area is 67.0 Å². The maximum Gasteiger partial charge on any atom is 0.347 e. The van der Waals surface area contributed by atoms with E-state index < -0.39 is 20.8 Å². The summed E-state index contributed by atoms with van der Waals surface area (Å²) in [5.74, 6) is -0.312. The SMILES string of the molecule is Nc1cc(S(=O)(=O)[O-])[nH]c(=O)n1. The highest BCUT2D eigenvalue weighted by atomic mass is 32.2. The molecular weight excluding hydrogens is 186 g/mol. The van der Waals surface area contributed by atoms with Gasteiger partial charge in [-0.25, -0.2) is 13.2 Å². The van der Waals surface area contributed by atoms with Crippen LogP contribution in [0.1, 0.15) is 0 Å². The predicted molar refractivity (Wildman–Crippen MR) is 37.2 cm³/mol. The van der Waals surface area contributed by atoms with Crippen LogP contribution in [0.3, 0.4) is 0 Å². The number of H-pyrrole nitrogens is 1. The lowest BCUT2D eigenvalue weighted by atomic mass is 10.6. The van der Waals surface area contributed by atoms with Crippen molar-refractivity contribution in [1.29, 1.82) is 0 Å². The van der Waals surface area contributed by atoms with Gasteiger partial charge in [0.05, 0.1) is 0 Å². The number of anilines is 1. The van der Waals surface area contributed by atoms with Crippen LogP contribution in [-0.4, -0.2) is 22.9 Å². The summed E-state index contributed by atoms with van der Waals surface area (Å²) in [5, 5.41) is -0.778. The van der Waals surface area contributed by atoms with Crippen molar-refractivity contribution >= 4 is 15.9 Å². The number of hydrogen-bond donors (Lipinski definition) is 2. The van der Waals surface area contributed by atoms with Crippen LogP contribution in [0.15, 0.2) is 15.9 Å². The zero-order chi connectivity index (χ0) is 9.35. The zero-order valence-corrected chi connectivity index (χ0v) is 6.46. The molecular formula is C4H4N3O4S-. The van der Waals surface area contributed by atoms with Gasteiger partial charge in [0.1, 0.15) is 21.0 Å². The maximum atomic E-state index is 10.5. The predicted octanol–water partition coefficient (Wildman–Crippen LogP) is -1.74. The number of rotatable bonds is 1. The molecule has 0 aliphatic rings. The van der Waals surface area contributed by atoms with Gasteiger partial charge in [0.15, 0.2) is 0 Å². The Balaban J connectivity index is 3.48. The van der Waals surface area contributed by atoms with E-state index in [9.17, 15) is 17.8 Å². The van der Waals surface area contributed by atoms with E-state index in [-0.39, 0.29) is 5.82 Å². The number of nitrogen functional groups attached to an aromatic ring is 1. The van der Waals surface area contributed by atoms with Crippen LogP contribution in [0, 0.1) is 0 Å². The van der Waals surface area contributed by atoms with Crippen molar-refractivity contribution in [3.8, 4) is 0 Å². The van der Waals surface area contributed by atoms with E-state index in [4.69, 9.17) is 5.73 Å². The highest BCUT2D eigenvalue weighted by Crippen LogP contribution is 2.02. The fourth-order valence-electron chi connectivity index (χ4n) is 0.588. The van der Waals surface area contributed by atoms with E-state index in [1.165, 1.54) is 0 Å². The van der Waals surface area contributed by atoms with Gasteiger partial charge in [-0.2, -0.15) is 4.98 Å². The Hall–Kier alpha value is -1.41. The average Bonchev–Trinajstić information content (AvgIpc) is 1.82. The summed E-state index contributed by atoms with van der Waals surface area (Å²) >= 11 is 0. The van der Waals surface area contributed by atoms with Gasteiger partial charge in [-0.15, -0.1) is 0 Å². The largest absolute Gasteiger partial charge is 0.743 e. The van der Waals surface area contributed by atoms with E-state index in [2.05, 4.69) is 4.98 Å². The number of aromatic amines is 1. The molecule has 3 N–H and O–H groups in total. The van der Waals surface area contributed by atoms with Crippen molar-refractivity contribution in [2.75, 3.05) is 5.73 Å². The fraction of sp³-hybridized carbons (Fsp3) is 0. The van der Waals surface area contributed by atoms with Crippen molar-refractivity contribution in [2.45, 2.75) is 5.03 Å². The van der Waals surface area contributed by atoms with Crippen molar-refractivity contribution in [1.82, 2.24) is 9.97 Å². The van der Waals surface area contributed by atoms with Crippen LogP contribution >= 0.6 is 0 Å². The molecule has 0 atom stereocenters. The van der Waals surface area contributed by atoms with E-state index >= 15 is 0 Å². The van der Waals surface area contributed by atoms with Crippen LogP contribution in [0.5, 0.6) is 0 Å². The third-order valence-corrected chi connectivity index (χ3v) is 1.77. The summed E-state index contributed by atoms with van der Waals surface area (Å²) in [6.07, 6.45) is 0. The number of nitrogens with zero attached hydrogens (tertiary/aromatic N) is 1. The summed E-state index contributed by atoms with van der Waals surface area (Å²) in [6, 6.07) is 0.781. The van der Waals surface area contributed by atoms with Gasteiger partial charge in [-0.3, -0.25) is 4.98 Å². The molecule has 12 heavy (non-hydrogen) atoms. The lowest BCUT2D eigenvalue weighted by Crippen LogP contribution is -2.17. The third-order valence-electron chi connectivity index (χ3n) is 1.01. The third kappa shape index (κ3) is 1.80. The van der Waals surface area contributed by atoms with Gasteiger partial charge < -0.3 is 10.3 Å². The second-order valence-corrected chi connectivity index (χ2v) is 3.28. The van der Waals surface area contributed by atoms with Crippen LogP contribution in [0.25, 0.3) is 0 Å². The summed E-state index contributed by atoms with van der Waals surface area (Å²) in [4.78, 5) is 15.4. The summed E-state index contributed by atoms with van der Waals surface area (Å²) in [5.41, 5.74) is 4.05. The van der Waals surface area contributed by atoms with Gasteiger partial charge >= 0.3 is 5.69 Å². The second-order valence-electron chi connectivity index (χ2n) is 1.93. The number of aromatic nitrogens is 2. The normalized spacial score (nSPS) is 11.4. The minimum absolute atomic E-state index is 0.312. The molecule has 0 saturated heterocycles. The molecule has 0 aliphatic carbocycles. The first-order valence-corrected chi connectivity index (χ1v) is 4.13.